The Labute approximate surface area is 188 Å². The van der Waals surface area contributed by atoms with Gasteiger partial charge in [-0.25, -0.2) is 4.79 Å². The lowest BCUT2D eigenvalue weighted by atomic mass is 9.86. The number of carboxylic acids is 1. The molecule has 0 radical (unpaired) electrons. The average Bonchev–Trinajstić information content (AvgIpc) is 2.76. The second kappa shape index (κ2) is 7.86. The van der Waals surface area contributed by atoms with Gasteiger partial charge in [-0.2, -0.15) is 0 Å². The Bertz CT molecular complexity index is 1360. The van der Waals surface area contributed by atoms with Crippen LogP contribution in [0.25, 0.3) is 22.3 Å². The summed E-state index contributed by atoms with van der Waals surface area (Å²) in [5.74, 6) is -8.27. The van der Waals surface area contributed by atoms with Crippen molar-refractivity contribution in [3.63, 3.8) is 0 Å². The number of carbonyl (C=O) groups is 1. The van der Waals surface area contributed by atoms with E-state index in [0.717, 1.165) is 18.2 Å². The molecule has 1 fully saturated rings. The van der Waals surface area contributed by atoms with Crippen molar-refractivity contribution < 1.29 is 59.9 Å². The summed E-state index contributed by atoms with van der Waals surface area (Å²) in [7, 11) is 0. The Balaban J connectivity index is 2.04. The third kappa shape index (κ3) is 3.39. The molecule has 180 valence electrons. The summed E-state index contributed by atoms with van der Waals surface area (Å²) in [5, 5.41) is 90.3. The number of hydrogen-bond donors (Lipinski definition) is 9. The summed E-state index contributed by atoms with van der Waals surface area (Å²) in [4.78, 5) is 24.3. The van der Waals surface area contributed by atoms with Gasteiger partial charge in [0.15, 0.2) is 28.6 Å². The van der Waals surface area contributed by atoms with Crippen LogP contribution in [0.2, 0.25) is 0 Å². The van der Waals surface area contributed by atoms with Crippen molar-refractivity contribution in [2.24, 2.45) is 0 Å². The molecule has 0 saturated carbocycles. The fourth-order valence-corrected chi connectivity index (χ4v) is 3.80. The Morgan fingerprint density at radius 1 is 0.882 bits per heavy atom. The molecule has 2 heterocycles. The molecule has 13 nitrogen and oxygen atoms in total. The van der Waals surface area contributed by atoms with Crippen LogP contribution in [0.1, 0.15) is 5.56 Å². The molecule has 0 amide bonds. The standard InChI is InChI=1S/C21H18O13/c22-7-2-1-6(3-8(7)23)12-5-10(25)13-9(24)4-11(26)14(17(13)33-12)21(32)19(29)16(28)15(27)18(34-21)20(30)31/h1-5,15-16,18-19,22-24,26-29,32H,(H,30,31)/t15-,16-,18-,19+,21?/m0/s1. The summed E-state index contributed by atoms with van der Waals surface area (Å²) < 4.78 is 10.6. The molecular weight excluding hydrogens is 460 g/mol. The van der Waals surface area contributed by atoms with Crippen LogP contribution >= 0.6 is 0 Å². The molecule has 0 bridgehead atoms. The lowest BCUT2D eigenvalue weighted by Crippen LogP contribution is -2.64. The number of phenolic OH excluding ortho intramolecular Hbond substituents is 4. The molecule has 0 aliphatic carbocycles. The van der Waals surface area contributed by atoms with Gasteiger partial charge in [0.2, 0.25) is 5.79 Å². The molecular formula is C21H18O13. The largest absolute Gasteiger partial charge is 0.507 e. The molecule has 1 aliphatic rings. The summed E-state index contributed by atoms with van der Waals surface area (Å²) in [5.41, 5.74) is -2.58. The van der Waals surface area contributed by atoms with Crippen molar-refractivity contribution in [3.05, 3.63) is 46.1 Å². The highest BCUT2D eigenvalue weighted by molar-refractivity contribution is 5.90. The van der Waals surface area contributed by atoms with E-state index in [9.17, 15) is 55.5 Å². The van der Waals surface area contributed by atoms with Crippen LogP contribution < -0.4 is 5.43 Å². The van der Waals surface area contributed by atoms with Crippen LogP contribution in [0.15, 0.2) is 39.5 Å². The number of fused-ring (bicyclic) bond motifs is 1. The minimum atomic E-state index is -3.25. The summed E-state index contributed by atoms with van der Waals surface area (Å²) in [6.07, 6.45) is -9.20. The van der Waals surface area contributed by atoms with Crippen LogP contribution in [-0.4, -0.2) is 76.3 Å². The third-order valence-electron chi connectivity index (χ3n) is 5.51. The van der Waals surface area contributed by atoms with E-state index >= 15 is 0 Å². The smallest absolute Gasteiger partial charge is 0.335 e. The average molecular weight is 478 g/mol. The Morgan fingerprint density at radius 2 is 1.56 bits per heavy atom. The van der Waals surface area contributed by atoms with Gasteiger partial charge in [-0.05, 0) is 18.2 Å². The van der Waals surface area contributed by atoms with Crippen molar-refractivity contribution >= 4 is 16.9 Å². The van der Waals surface area contributed by atoms with Crippen molar-refractivity contribution in [1.82, 2.24) is 0 Å². The normalized spacial score (nSPS) is 27.1. The van der Waals surface area contributed by atoms with E-state index in [-0.39, 0.29) is 11.3 Å². The molecule has 34 heavy (non-hydrogen) atoms. The van der Waals surface area contributed by atoms with Gasteiger partial charge in [0.05, 0.1) is 5.56 Å². The maximum atomic E-state index is 12.8. The third-order valence-corrected chi connectivity index (χ3v) is 5.51. The fourth-order valence-electron chi connectivity index (χ4n) is 3.80. The zero-order valence-electron chi connectivity index (χ0n) is 16.9. The first kappa shape index (κ1) is 23.3. The molecule has 3 aromatic rings. The van der Waals surface area contributed by atoms with Crippen LogP contribution in [0.4, 0.5) is 0 Å². The fraction of sp³-hybridized carbons (Fsp3) is 0.238. The Morgan fingerprint density at radius 3 is 2.18 bits per heavy atom. The van der Waals surface area contributed by atoms with Gasteiger partial charge in [0, 0.05) is 17.7 Å². The number of carboxylic acid groups (broad SMARTS) is 1. The number of hydrogen-bond acceptors (Lipinski definition) is 12. The van der Waals surface area contributed by atoms with Crippen molar-refractivity contribution in [3.8, 4) is 34.3 Å². The number of aliphatic hydroxyl groups is 4. The Hall–Kier alpha value is -3.88. The van der Waals surface area contributed by atoms with Crippen LogP contribution in [-0.2, 0) is 15.3 Å². The van der Waals surface area contributed by atoms with Gasteiger partial charge in [0.25, 0.3) is 0 Å². The highest BCUT2D eigenvalue weighted by Crippen LogP contribution is 2.46. The maximum Gasteiger partial charge on any atom is 0.335 e. The number of ether oxygens (including phenoxy) is 1. The molecule has 13 heteroatoms. The van der Waals surface area contributed by atoms with Gasteiger partial charge in [-0.3, -0.25) is 4.79 Å². The van der Waals surface area contributed by atoms with E-state index in [4.69, 9.17) is 9.15 Å². The molecule has 0 spiro atoms. The summed E-state index contributed by atoms with van der Waals surface area (Å²) in [6.45, 7) is 0. The minimum absolute atomic E-state index is 0.0269. The number of aliphatic hydroxyl groups excluding tert-OH is 3. The van der Waals surface area contributed by atoms with E-state index in [1.54, 1.807) is 0 Å². The zero-order chi connectivity index (χ0) is 25.1. The van der Waals surface area contributed by atoms with Gasteiger partial charge in [-0.1, -0.05) is 0 Å². The zero-order valence-corrected chi connectivity index (χ0v) is 16.9. The van der Waals surface area contributed by atoms with Gasteiger partial charge in [0.1, 0.15) is 41.0 Å². The van der Waals surface area contributed by atoms with Crippen LogP contribution in [0.3, 0.4) is 0 Å². The first-order chi connectivity index (χ1) is 15.9. The van der Waals surface area contributed by atoms with Gasteiger partial charge < -0.3 is 55.1 Å². The molecule has 5 atom stereocenters. The summed E-state index contributed by atoms with van der Waals surface area (Å²) >= 11 is 0. The van der Waals surface area contributed by atoms with E-state index in [0.29, 0.717) is 6.07 Å². The lowest BCUT2D eigenvalue weighted by Gasteiger charge is -2.44. The molecule has 1 aromatic heterocycles. The molecule has 1 saturated heterocycles. The maximum absolute atomic E-state index is 12.8. The topological polar surface area (TPSA) is 239 Å². The molecule has 1 unspecified atom stereocenters. The summed E-state index contributed by atoms with van der Waals surface area (Å²) in [6, 6.07) is 4.82. The highest BCUT2D eigenvalue weighted by Gasteiger charge is 2.58. The van der Waals surface area contributed by atoms with Crippen molar-refractivity contribution in [1.29, 1.82) is 0 Å². The van der Waals surface area contributed by atoms with E-state index in [2.05, 4.69) is 0 Å². The van der Waals surface area contributed by atoms with Crippen molar-refractivity contribution in [2.75, 3.05) is 0 Å². The number of phenols is 4. The molecule has 9 N–H and O–H groups in total. The quantitative estimate of drug-likeness (QED) is 0.205. The first-order valence-corrected chi connectivity index (χ1v) is 9.59. The SMILES string of the molecule is O=C(O)[C@H]1OC(O)(c2c(O)cc(O)c3c(=O)cc(-c4ccc(O)c(O)c4)oc23)[C@H](O)[C@@H](O)[C@@H]1O. The van der Waals surface area contributed by atoms with Crippen LogP contribution in [0, 0.1) is 0 Å². The molecule has 2 aromatic carbocycles. The molecule has 1 aliphatic heterocycles. The second-order valence-electron chi connectivity index (χ2n) is 7.67. The van der Waals surface area contributed by atoms with E-state index in [1.807, 2.05) is 0 Å². The van der Waals surface area contributed by atoms with Crippen molar-refractivity contribution in [2.45, 2.75) is 30.2 Å². The number of benzene rings is 2. The highest BCUT2D eigenvalue weighted by atomic mass is 16.7. The lowest BCUT2D eigenvalue weighted by molar-refractivity contribution is -0.349. The predicted octanol–water partition coefficient (Wildman–Crippen LogP) is -1.01. The Kier molecular flexibility index (Phi) is 5.38. The van der Waals surface area contributed by atoms with Crippen LogP contribution in [0.5, 0.6) is 23.0 Å². The van der Waals surface area contributed by atoms with E-state index < -0.39 is 81.1 Å². The van der Waals surface area contributed by atoms with E-state index in [1.165, 1.54) is 6.07 Å². The number of aliphatic carboxylic acids is 1. The minimum Gasteiger partial charge on any atom is -0.507 e. The first-order valence-electron chi connectivity index (χ1n) is 9.59. The molecule has 4 rings (SSSR count). The monoisotopic (exact) mass is 478 g/mol. The predicted molar refractivity (Wildman–Crippen MR) is 109 cm³/mol. The number of rotatable bonds is 3. The number of aromatic hydroxyl groups is 4. The second-order valence-corrected chi connectivity index (χ2v) is 7.67. The van der Waals surface area contributed by atoms with Gasteiger partial charge >= 0.3 is 5.97 Å². The van der Waals surface area contributed by atoms with Gasteiger partial charge in [-0.15, -0.1) is 0 Å².